The summed E-state index contributed by atoms with van der Waals surface area (Å²) in [6.45, 7) is 6.32. The third-order valence-electron chi connectivity index (χ3n) is 4.59. The molecule has 2 fully saturated rings. The normalized spacial score (nSPS) is 49.9. The smallest absolute Gasteiger partial charge is 0.211 e. The third-order valence-corrected chi connectivity index (χ3v) is 4.59. The molecule has 4 atom stereocenters. The Kier molecular flexibility index (Phi) is 2.31. The van der Waals surface area contributed by atoms with Gasteiger partial charge in [-0.05, 0) is 26.2 Å². The monoisotopic (exact) mass is 216 g/mol. The van der Waals surface area contributed by atoms with Crippen molar-refractivity contribution in [1.29, 1.82) is 1.43 Å². The fourth-order valence-electron chi connectivity index (χ4n) is 3.02. The van der Waals surface area contributed by atoms with E-state index in [1.807, 2.05) is 0 Å². The van der Waals surface area contributed by atoms with Crippen molar-refractivity contribution in [2.75, 3.05) is 7.11 Å². The van der Waals surface area contributed by atoms with E-state index in [4.69, 9.17) is 16.0 Å². The molecule has 1 aliphatic heterocycles. The van der Waals surface area contributed by atoms with E-state index in [1.165, 1.54) is 0 Å². The molecule has 0 bridgehead atoms. The highest BCUT2D eigenvalue weighted by molar-refractivity contribution is 5.11. The summed E-state index contributed by atoms with van der Waals surface area (Å²) in [5, 5.41) is 5.17. The van der Waals surface area contributed by atoms with Gasteiger partial charge in [0.1, 0.15) is 11.7 Å². The molecule has 3 heteroatoms. The van der Waals surface area contributed by atoms with Gasteiger partial charge >= 0.3 is 0 Å². The molecule has 0 radical (unpaired) electrons. The average Bonchev–Trinajstić information content (AvgIpc) is 2.48. The molecule has 1 heterocycles. The maximum absolute atomic E-state index is 7.49. The number of ether oxygens (including phenoxy) is 2. The molecule has 1 N–H and O–H groups in total. The second kappa shape index (κ2) is 3.44. The van der Waals surface area contributed by atoms with E-state index in [9.17, 15) is 0 Å². The van der Waals surface area contributed by atoms with Crippen LogP contribution in [0.4, 0.5) is 0 Å². The first kappa shape index (κ1) is 10.1. The summed E-state index contributed by atoms with van der Waals surface area (Å²) >= 11 is 0. The van der Waals surface area contributed by atoms with Crippen LogP contribution in [0.5, 0.6) is 0 Å². The maximum atomic E-state index is 7.49. The summed E-state index contributed by atoms with van der Waals surface area (Å²) in [5.74, 6) is 0. The zero-order valence-corrected chi connectivity index (χ0v) is 10.1. The first-order valence-corrected chi connectivity index (χ1v) is 5.82. The Bertz CT molecular complexity index is 269. The van der Waals surface area contributed by atoms with E-state index >= 15 is 0 Å². The lowest BCUT2D eigenvalue weighted by atomic mass is 9.65. The first-order chi connectivity index (χ1) is 7.49. The summed E-state index contributed by atoms with van der Waals surface area (Å²) < 4.78 is 19.0. The van der Waals surface area contributed by atoms with Crippen LogP contribution in [0, 0.1) is 5.41 Å². The Hall–Kier alpha value is -0.120. The van der Waals surface area contributed by atoms with Gasteiger partial charge < -0.3 is 14.6 Å². The van der Waals surface area contributed by atoms with Crippen LogP contribution in [0.1, 0.15) is 40.0 Å². The molecule has 4 unspecified atom stereocenters. The van der Waals surface area contributed by atoms with Crippen molar-refractivity contribution >= 4 is 0 Å². The lowest BCUT2D eigenvalue weighted by Crippen LogP contribution is -2.56. The zero-order valence-electron chi connectivity index (χ0n) is 11.1. The molecule has 2 aliphatic rings. The summed E-state index contributed by atoms with van der Waals surface area (Å²) in [4.78, 5) is 0. The summed E-state index contributed by atoms with van der Waals surface area (Å²) in [6, 6.07) is 0. The molecule has 3 nitrogen and oxygen atoms in total. The number of rotatable bonds is 2. The first-order valence-electron chi connectivity index (χ1n) is 6.23. The molecule has 0 spiro atoms. The molecule has 1 aliphatic carbocycles. The molecule has 0 aromatic rings. The van der Waals surface area contributed by atoms with Crippen molar-refractivity contribution in [2.45, 2.75) is 63.9 Å². The molecule has 1 saturated heterocycles. The molecule has 1 saturated carbocycles. The third kappa shape index (κ3) is 1.37. The largest absolute Gasteiger partial charge is 0.386 e. The van der Waals surface area contributed by atoms with Gasteiger partial charge in [0, 0.05) is 12.5 Å². The van der Waals surface area contributed by atoms with Crippen molar-refractivity contribution in [2.24, 2.45) is 5.41 Å². The second-order valence-corrected chi connectivity index (χ2v) is 5.48. The van der Waals surface area contributed by atoms with Crippen LogP contribution in [-0.4, -0.2) is 37.6 Å². The van der Waals surface area contributed by atoms with Crippen molar-refractivity contribution in [3.8, 4) is 0 Å². The zero-order chi connectivity index (χ0) is 12.0. The van der Waals surface area contributed by atoms with Crippen molar-refractivity contribution < 1.29 is 14.6 Å². The Morgan fingerprint density at radius 3 is 2.87 bits per heavy atom. The maximum Gasteiger partial charge on any atom is 0.211 e. The Balaban J connectivity index is 2.37. The molecule has 2 rings (SSSR count). The van der Waals surface area contributed by atoms with Crippen molar-refractivity contribution in [3.63, 3.8) is 0 Å². The van der Waals surface area contributed by atoms with Crippen LogP contribution >= 0.6 is 0 Å². The predicted octanol–water partition coefficient (Wildman–Crippen LogP) is 1.73. The molecule has 0 aromatic heterocycles. The summed E-state index contributed by atoms with van der Waals surface area (Å²) in [6.07, 6.45) is 2.97. The van der Waals surface area contributed by atoms with E-state index in [-0.39, 0.29) is 23.7 Å². The fourth-order valence-corrected chi connectivity index (χ4v) is 3.02. The minimum atomic E-state index is -0.509. The van der Waals surface area contributed by atoms with Crippen molar-refractivity contribution in [1.82, 2.24) is 0 Å². The molecule has 0 aromatic carbocycles. The van der Waals surface area contributed by atoms with Crippen LogP contribution in [0.3, 0.4) is 0 Å². The second-order valence-electron chi connectivity index (χ2n) is 5.48. The topological polar surface area (TPSA) is 38.7 Å². The number of fused-ring (bicyclic) bond motifs is 1. The fraction of sp³-hybridized carbons (Fsp3) is 1.00. The predicted molar refractivity (Wildman–Crippen MR) is 57.7 cm³/mol. The quantitative estimate of drug-likeness (QED) is 0.764. The highest BCUT2D eigenvalue weighted by atomic mass is 16.6. The number of hydrogen-bond acceptors (Lipinski definition) is 3. The lowest BCUT2D eigenvalue weighted by Gasteiger charge is -2.44. The van der Waals surface area contributed by atoms with Gasteiger partial charge in [0.2, 0.25) is 1.43 Å². The molecule has 0 amide bonds. The Labute approximate surface area is 93.3 Å². The van der Waals surface area contributed by atoms with Crippen LogP contribution in [0.15, 0.2) is 0 Å². The van der Waals surface area contributed by atoms with Gasteiger partial charge in [-0.1, -0.05) is 13.8 Å². The Morgan fingerprint density at radius 2 is 2.27 bits per heavy atom. The lowest BCUT2D eigenvalue weighted by molar-refractivity contribution is -0.153. The number of methoxy groups -OCH3 is 1. The molecular weight excluding hydrogens is 192 g/mol. The standard InChI is InChI=1S/C12H22O3/c1-8-11(2,3)12(13)7-5-6-9(14-4)10(12)15-8/h8-10,13H,5-7H2,1-4H3/i13T. The number of aliphatic hydroxyl groups is 1. The van der Waals surface area contributed by atoms with Gasteiger partial charge in [-0.25, -0.2) is 0 Å². The van der Waals surface area contributed by atoms with E-state index in [1.54, 1.807) is 7.11 Å². The molecule has 15 heavy (non-hydrogen) atoms. The van der Waals surface area contributed by atoms with Crippen LogP contribution in [0.2, 0.25) is 0 Å². The van der Waals surface area contributed by atoms with Crippen molar-refractivity contribution in [3.05, 3.63) is 0 Å². The Morgan fingerprint density at radius 1 is 1.53 bits per heavy atom. The van der Waals surface area contributed by atoms with E-state index in [0.29, 0.717) is 0 Å². The summed E-state index contributed by atoms with van der Waals surface area (Å²) in [5.41, 5.74) is -0.651. The van der Waals surface area contributed by atoms with Crippen LogP contribution in [-0.2, 0) is 9.47 Å². The molecule has 88 valence electrons. The average molecular weight is 216 g/mol. The highest BCUT2D eigenvalue weighted by Crippen LogP contribution is 2.52. The SMILES string of the molecule is [3H]OC12CCCC(OC)C1OC(C)C2(C)C. The van der Waals surface area contributed by atoms with Gasteiger partial charge in [-0.2, -0.15) is 0 Å². The van der Waals surface area contributed by atoms with Crippen LogP contribution in [0.25, 0.3) is 0 Å². The van der Waals surface area contributed by atoms with E-state index < -0.39 is 5.60 Å². The van der Waals surface area contributed by atoms with Gasteiger partial charge in [0.15, 0.2) is 0 Å². The highest BCUT2D eigenvalue weighted by Gasteiger charge is 2.62. The minimum Gasteiger partial charge on any atom is -0.386 e. The summed E-state index contributed by atoms with van der Waals surface area (Å²) in [7, 11) is 1.71. The van der Waals surface area contributed by atoms with E-state index in [0.717, 1.165) is 19.3 Å². The number of hydrogen-bond donors (Lipinski definition) is 1. The minimum absolute atomic E-state index is 0.0586. The molecular formula is C12H22O3. The van der Waals surface area contributed by atoms with Gasteiger partial charge in [-0.15, -0.1) is 0 Å². The van der Waals surface area contributed by atoms with Gasteiger partial charge in [-0.3, -0.25) is 0 Å². The van der Waals surface area contributed by atoms with E-state index in [2.05, 4.69) is 20.8 Å². The van der Waals surface area contributed by atoms with Gasteiger partial charge in [0.25, 0.3) is 0 Å². The van der Waals surface area contributed by atoms with Crippen LogP contribution < -0.4 is 0 Å². The van der Waals surface area contributed by atoms with Gasteiger partial charge in [0.05, 0.1) is 12.2 Å².